The minimum Gasteiger partial charge on any atom is -0.453 e. The van der Waals surface area contributed by atoms with Crippen molar-refractivity contribution in [2.24, 2.45) is 0 Å². The van der Waals surface area contributed by atoms with Crippen molar-refractivity contribution in [3.8, 4) is 22.6 Å². The number of H-pyrrole nitrogens is 2. The van der Waals surface area contributed by atoms with E-state index in [4.69, 9.17) is 4.98 Å². The number of rotatable bonds is 6. The van der Waals surface area contributed by atoms with Crippen molar-refractivity contribution < 1.29 is 9.53 Å². The zero-order valence-electron chi connectivity index (χ0n) is 19.4. The summed E-state index contributed by atoms with van der Waals surface area (Å²) in [5.74, 6) is 1.29. The van der Waals surface area contributed by atoms with Crippen LogP contribution in [0.4, 0.5) is 10.7 Å². The van der Waals surface area contributed by atoms with Crippen molar-refractivity contribution in [1.29, 1.82) is 0 Å². The van der Waals surface area contributed by atoms with E-state index in [1.165, 1.54) is 7.11 Å². The highest BCUT2D eigenvalue weighted by atomic mass is 16.5. The van der Waals surface area contributed by atoms with Gasteiger partial charge in [0.15, 0.2) is 0 Å². The summed E-state index contributed by atoms with van der Waals surface area (Å²) >= 11 is 0. The molecule has 10 nitrogen and oxygen atoms in total. The third-order valence-corrected chi connectivity index (χ3v) is 5.12. The maximum Gasteiger partial charge on any atom is 0.407 e. The van der Waals surface area contributed by atoms with Gasteiger partial charge in [-0.25, -0.2) is 24.7 Å². The second kappa shape index (κ2) is 8.89. The summed E-state index contributed by atoms with van der Waals surface area (Å²) in [4.78, 5) is 36.4. The highest BCUT2D eigenvalue weighted by Gasteiger charge is 2.23. The molecule has 0 aromatic carbocycles. The standard InChI is InChI=1S/C23H28N8O2/c1-13(28-22(32)33-5)11-27-21-25-9-7-16(29-21)18-17(30-20(31-18)23(2,3)4)15-10-14-6-8-24-19(14)26-12-15/h6-10,12-13H,11H2,1-5H3,(H,24,26)(H,28,32)(H,30,31)(H,25,27,29). The zero-order valence-corrected chi connectivity index (χ0v) is 19.4. The molecule has 4 rings (SSSR count). The molecule has 0 bridgehead atoms. The van der Waals surface area contributed by atoms with Gasteiger partial charge in [-0.1, -0.05) is 20.8 Å². The number of methoxy groups -OCH3 is 1. The van der Waals surface area contributed by atoms with Gasteiger partial charge in [0.25, 0.3) is 0 Å². The van der Waals surface area contributed by atoms with Crippen LogP contribution in [0, 0.1) is 0 Å². The number of aromatic amines is 2. The van der Waals surface area contributed by atoms with Crippen molar-refractivity contribution in [3.05, 3.63) is 42.6 Å². The maximum absolute atomic E-state index is 11.4. The molecule has 10 heteroatoms. The number of nitrogens with zero attached hydrogens (tertiary/aromatic N) is 4. The summed E-state index contributed by atoms with van der Waals surface area (Å²) in [7, 11) is 1.33. The Morgan fingerprint density at radius 2 is 2.03 bits per heavy atom. The van der Waals surface area contributed by atoms with E-state index in [-0.39, 0.29) is 11.5 Å². The molecule has 0 radical (unpaired) electrons. The minimum absolute atomic E-state index is 0.169. The van der Waals surface area contributed by atoms with Gasteiger partial charge in [-0.05, 0) is 25.1 Å². The van der Waals surface area contributed by atoms with Gasteiger partial charge >= 0.3 is 6.09 Å². The molecule has 172 valence electrons. The first-order valence-electron chi connectivity index (χ1n) is 10.7. The molecule has 0 fully saturated rings. The number of pyridine rings is 1. The Balaban J connectivity index is 1.67. The molecule has 0 saturated carbocycles. The lowest BCUT2D eigenvalue weighted by Gasteiger charge is -2.14. The van der Waals surface area contributed by atoms with Crippen LogP contribution in [0.25, 0.3) is 33.7 Å². The number of aromatic nitrogens is 6. The quantitative estimate of drug-likeness (QED) is 0.352. The maximum atomic E-state index is 11.4. The Hall–Kier alpha value is -3.95. The smallest absolute Gasteiger partial charge is 0.407 e. The van der Waals surface area contributed by atoms with Crippen molar-refractivity contribution in [2.75, 3.05) is 19.0 Å². The van der Waals surface area contributed by atoms with Crippen molar-refractivity contribution in [2.45, 2.75) is 39.2 Å². The molecule has 1 unspecified atom stereocenters. The number of amides is 1. The fourth-order valence-corrected chi connectivity index (χ4v) is 3.33. The number of carbonyl (C=O) groups is 1. The predicted octanol–water partition coefficient (Wildman–Crippen LogP) is 3.86. The molecule has 0 aliphatic rings. The van der Waals surface area contributed by atoms with E-state index in [1.54, 1.807) is 6.20 Å². The van der Waals surface area contributed by atoms with Gasteiger partial charge in [0.05, 0.1) is 18.5 Å². The summed E-state index contributed by atoms with van der Waals surface area (Å²) < 4.78 is 4.63. The highest BCUT2D eigenvalue weighted by molar-refractivity contribution is 5.84. The average Bonchev–Trinajstić information content (AvgIpc) is 3.44. The molecule has 0 spiro atoms. The van der Waals surface area contributed by atoms with Gasteiger partial charge in [0, 0.05) is 47.5 Å². The van der Waals surface area contributed by atoms with E-state index in [9.17, 15) is 4.79 Å². The van der Waals surface area contributed by atoms with Crippen LogP contribution in [0.2, 0.25) is 0 Å². The normalized spacial score (nSPS) is 12.5. The van der Waals surface area contributed by atoms with Crippen molar-refractivity contribution >= 4 is 23.1 Å². The van der Waals surface area contributed by atoms with Crippen LogP contribution < -0.4 is 10.6 Å². The van der Waals surface area contributed by atoms with Crippen LogP contribution in [-0.2, 0) is 10.2 Å². The Labute approximate surface area is 191 Å². The third-order valence-electron chi connectivity index (χ3n) is 5.12. The second-order valence-corrected chi connectivity index (χ2v) is 8.88. The lowest BCUT2D eigenvalue weighted by molar-refractivity contribution is 0.168. The third kappa shape index (κ3) is 4.94. The van der Waals surface area contributed by atoms with E-state index in [2.05, 4.69) is 67.1 Å². The van der Waals surface area contributed by atoms with Crippen LogP contribution in [0.3, 0.4) is 0 Å². The molecular weight excluding hydrogens is 420 g/mol. The number of nitrogens with one attached hydrogen (secondary N) is 4. The number of hydrogen-bond donors (Lipinski definition) is 4. The van der Waals surface area contributed by atoms with Crippen LogP contribution in [0.15, 0.2) is 36.8 Å². The largest absolute Gasteiger partial charge is 0.453 e. The monoisotopic (exact) mass is 448 g/mol. The Morgan fingerprint density at radius 3 is 2.79 bits per heavy atom. The molecule has 1 atom stereocenters. The molecule has 0 aliphatic carbocycles. The zero-order chi connectivity index (χ0) is 23.6. The topological polar surface area (TPSA) is 134 Å². The first-order valence-corrected chi connectivity index (χ1v) is 10.7. The van der Waals surface area contributed by atoms with E-state index in [0.29, 0.717) is 18.2 Å². The summed E-state index contributed by atoms with van der Waals surface area (Å²) in [5, 5.41) is 6.87. The number of alkyl carbamates (subject to hydrolysis) is 1. The van der Waals surface area contributed by atoms with E-state index < -0.39 is 6.09 Å². The SMILES string of the molecule is COC(=O)NC(C)CNc1nccc(-c2nc(C(C)(C)C)[nH]c2-c2cnc3[nH]ccc3c2)n1. The van der Waals surface area contributed by atoms with Crippen molar-refractivity contribution in [1.82, 2.24) is 35.2 Å². The van der Waals surface area contributed by atoms with Crippen LogP contribution in [0.1, 0.15) is 33.5 Å². The number of anilines is 1. The number of hydrogen-bond acceptors (Lipinski definition) is 7. The first kappa shape index (κ1) is 22.3. The Kier molecular flexibility index (Phi) is 5.99. The van der Waals surface area contributed by atoms with E-state index in [1.807, 2.05) is 31.5 Å². The van der Waals surface area contributed by atoms with Crippen LogP contribution >= 0.6 is 0 Å². The molecular formula is C23H28N8O2. The number of ether oxygens (including phenoxy) is 1. The first-order chi connectivity index (χ1) is 15.7. The van der Waals surface area contributed by atoms with Crippen LogP contribution in [0.5, 0.6) is 0 Å². The molecule has 33 heavy (non-hydrogen) atoms. The van der Waals surface area contributed by atoms with Crippen molar-refractivity contribution in [3.63, 3.8) is 0 Å². The number of fused-ring (bicyclic) bond motifs is 1. The summed E-state index contributed by atoms with van der Waals surface area (Å²) in [6.45, 7) is 8.62. The van der Waals surface area contributed by atoms with Gasteiger partial charge in [-0.3, -0.25) is 0 Å². The minimum atomic E-state index is -0.483. The molecule has 4 aromatic rings. The lowest BCUT2D eigenvalue weighted by Crippen LogP contribution is -2.37. The summed E-state index contributed by atoms with van der Waals surface area (Å²) in [6.07, 6.45) is 4.89. The summed E-state index contributed by atoms with van der Waals surface area (Å²) in [6, 6.07) is 5.72. The summed E-state index contributed by atoms with van der Waals surface area (Å²) in [5.41, 5.74) is 3.82. The second-order valence-electron chi connectivity index (χ2n) is 8.88. The molecule has 4 heterocycles. The van der Waals surface area contributed by atoms with Crippen LogP contribution in [-0.4, -0.2) is 55.7 Å². The average molecular weight is 449 g/mol. The van der Waals surface area contributed by atoms with Gasteiger partial charge in [0.1, 0.15) is 17.2 Å². The van der Waals surface area contributed by atoms with E-state index >= 15 is 0 Å². The number of imidazole rings is 1. The van der Waals surface area contributed by atoms with Gasteiger partial charge < -0.3 is 25.3 Å². The number of carbonyl (C=O) groups excluding carboxylic acids is 1. The van der Waals surface area contributed by atoms with Gasteiger partial charge in [-0.15, -0.1) is 0 Å². The fourth-order valence-electron chi connectivity index (χ4n) is 3.33. The lowest BCUT2D eigenvalue weighted by atomic mass is 9.96. The molecule has 4 N–H and O–H groups in total. The Morgan fingerprint density at radius 1 is 1.21 bits per heavy atom. The molecule has 4 aromatic heterocycles. The van der Waals surface area contributed by atoms with Gasteiger partial charge in [-0.2, -0.15) is 0 Å². The molecule has 0 saturated heterocycles. The molecule has 1 amide bonds. The van der Waals surface area contributed by atoms with E-state index in [0.717, 1.165) is 33.8 Å². The fraction of sp³-hybridized carbons (Fsp3) is 0.348. The van der Waals surface area contributed by atoms with Gasteiger partial charge in [0.2, 0.25) is 5.95 Å². The Bertz CT molecular complexity index is 1270. The molecule has 0 aliphatic heterocycles. The predicted molar refractivity (Wildman–Crippen MR) is 127 cm³/mol. The highest BCUT2D eigenvalue weighted by Crippen LogP contribution is 2.33.